The Balaban J connectivity index is 0.851. The summed E-state index contributed by atoms with van der Waals surface area (Å²) in [6.45, 7) is 11.1. The second-order valence-electron chi connectivity index (χ2n) is 18.9. The largest absolute Gasteiger partial charge is 0.507 e. The van der Waals surface area contributed by atoms with Crippen LogP contribution in [0.15, 0.2) is 66.0 Å². The number of aromatic hydroxyl groups is 1. The molecule has 65 heavy (non-hydrogen) atoms. The molecule has 350 valence electrons. The molecule has 4 heterocycles. The molecule has 2 aromatic carbocycles. The van der Waals surface area contributed by atoms with Gasteiger partial charge in [0.2, 0.25) is 23.6 Å². The highest BCUT2D eigenvalue weighted by atomic mass is 32.1. The first-order valence-corrected chi connectivity index (χ1v) is 24.2. The van der Waals surface area contributed by atoms with Crippen LogP contribution in [0.5, 0.6) is 5.75 Å². The van der Waals surface area contributed by atoms with E-state index in [1.54, 1.807) is 29.5 Å². The lowest BCUT2D eigenvalue weighted by Crippen LogP contribution is -2.57. The molecule has 2 fully saturated rings. The Morgan fingerprint density at radius 3 is 2.15 bits per heavy atom. The molecule has 0 saturated carbocycles. The number of anilines is 2. The zero-order chi connectivity index (χ0) is 46.7. The summed E-state index contributed by atoms with van der Waals surface area (Å²) in [6.07, 6.45) is 8.02. The van der Waals surface area contributed by atoms with Crippen molar-refractivity contribution in [2.24, 2.45) is 5.41 Å². The quantitative estimate of drug-likeness (QED) is 0.0514. The number of nitrogens with one attached hydrogen (secondary N) is 3. The Labute approximate surface area is 387 Å². The first-order chi connectivity index (χ1) is 31.1. The van der Waals surface area contributed by atoms with Crippen LogP contribution in [0, 0.1) is 12.3 Å². The number of thiophene rings is 1. The number of hydrogen-bond acceptors (Lipinski definition) is 11. The first-order valence-electron chi connectivity index (χ1n) is 23.3. The number of aliphatic hydroxyl groups excluding tert-OH is 1. The fraction of sp³-hybridized carbons (Fsp3) is 0.520. The third-order valence-corrected chi connectivity index (χ3v) is 13.7. The number of β-amino-alcohol motifs (C(OH)–C–C–N with tert-alkyl or cyclic N) is 1. The molecule has 15 heteroatoms. The number of carbonyl (C=O) groups is 4. The Bertz CT molecular complexity index is 2230. The van der Waals surface area contributed by atoms with Crippen LogP contribution in [0.1, 0.15) is 122 Å². The van der Waals surface area contributed by atoms with E-state index < -0.39 is 23.6 Å². The lowest BCUT2D eigenvalue weighted by molar-refractivity contribution is -0.144. The van der Waals surface area contributed by atoms with Gasteiger partial charge in [0.25, 0.3) is 0 Å². The molecule has 4 amide bonds. The lowest BCUT2D eigenvalue weighted by Gasteiger charge is -2.35. The number of rotatable bonds is 19. The molecule has 6 rings (SSSR count). The van der Waals surface area contributed by atoms with Crippen molar-refractivity contribution >= 4 is 46.5 Å². The fourth-order valence-electron chi connectivity index (χ4n) is 8.82. The Morgan fingerprint density at radius 1 is 0.877 bits per heavy atom. The van der Waals surface area contributed by atoms with Gasteiger partial charge in [0.1, 0.15) is 17.8 Å². The molecule has 2 aliphatic rings. The van der Waals surface area contributed by atoms with Crippen LogP contribution < -0.4 is 26.6 Å². The van der Waals surface area contributed by atoms with Crippen molar-refractivity contribution in [2.45, 2.75) is 142 Å². The van der Waals surface area contributed by atoms with Crippen molar-refractivity contribution in [3.8, 4) is 27.4 Å². The molecule has 14 nitrogen and oxygen atoms in total. The van der Waals surface area contributed by atoms with E-state index in [1.165, 1.54) is 15.3 Å². The van der Waals surface area contributed by atoms with E-state index >= 15 is 0 Å². The molecular formula is C50H68N8O6S. The second-order valence-corrected chi connectivity index (χ2v) is 19.8. The van der Waals surface area contributed by atoms with E-state index in [0.29, 0.717) is 36.3 Å². The maximum atomic E-state index is 14.1. The van der Waals surface area contributed by atoms with E-state index in [-0.39, 0.29) is 54.4 Å². The Morgan fingerprint density at radius 2 is 1.52 bits per heavy atom. The van der Waals surface area contributed by atoms with Crippen LogP contribution in [-0.2, 0) is 19.2 Å². The molecule has 7 N–H and O–H groups in total. The second kappa shape index (κ2) is 22.6. The highest BCUT2D eigenvalue weighted by molar-refractivity contribution is 7.13. The SMILES string of the molecule is Cc1ccsc1-c1ccc([C@H](C)NC(=O)[C@@H]2C[C@@H](O)CN2C(=O)[C@@H](NC(=O)CCCCCCCCCC(=O)NC2CCN(c3cc(-c4ccccc4O)nnc3N)CC2)C(C)(C)C)cc1. The van der Waals surface area contributed by atoms with Gasteiger partial charge in [-0.15, -0.1) is 21.5 Å². The van der Waals surface area contributed by atoms with Crippen molar-refractivity contribution in [2.75, 3.05) is 30.3 Å². The predicted octanol–water partition coefficient (Wildman–Crippen LogP) is 7.43. The number of amides is 4. The van der Waals surface area contributed by atoms with Crippen LogP contribution in [0.4, 0.5) is 11.5 Å². The number of nitrogen functional groups attached to an aromatic ring is 1. The molecule has 0 aliphatic carbocycles. The molecule has 0 radical (unpaired) electrons. The van der Waals surface area contributed by atoms with Crippen LogP contribution in [0.25, 0.3) is 21.7 Å². The number of benzene rings is 2. The van der Waals surface area contributed by atoms with Gasteiger partial charge in [-0.25, -0.2) is 0 Å². The van der Waals surface area contributed by atoms with Crippen LogP contribution in [0.2, 0.25) is 0 Å². The highest BCUT2D eigenvalue weighted by Gasteiger charge is 2.44. The molecule has 4 atom stereocenters. The summed E-state index contributed by atoms with van der Waals surface area (Å²) in [4.78, 5) is 58.5. The molecule has 4 aromatic rings. The number of likely N-dealkylation sites (tertiary alicyclic amines) is 1. The van der Waals surface area contributed by atoms with Crippen molar-refractivity contribution in [3.05, 3.63) is 77.2 Å². The van der Waals surface area contributed by atoms with E-state index in [1.807, 2.05) is 52.0 Å². The van der Waals surface area contributed by atoms with E-state index in [9.17, 15) is 29.4 Å². The molecular weight excluding hydrogens is 841 g/mol. The number of piperidine rings is 1. The van der Waals surface area contributed by atoms with Gasteiger partial charge in [-0.1, -0.05) is 89.3 Å². The Hall–Kier alpha value is -5.54. The normalized spacial score (nSPS) is 17.7. The number of unbranched alkanes of at least 4 members (excludes halogenated alkanes) is 6. The van der Waals surface area contributed by atoms with Gasteiger partial charge in [-0.05, 0) is 91.3 Å². The molecule has 0 unspecified atom stereocenters. The minimum Gasteiger partial charge on any atom is -0.507 e. The molecule has 2 saturated heterocycles. The number of hydrogen-bond donors (Lipinski definition) is 6. The maximum absolute atomic E-state index is 14.1. The molecule has 0 bridgehead atoms. The number of nitrogens with two attached hydrogens (primary N) is 1. The first kappa shape index (κ1) is 48.9. The highest BCUT2D eigenvalue weighted by Crippen LogP contribution is 2.34. The van der Waals surface area contributed by atoms with Gasteiger partial charge in [0, 0.05) is 55.4 Å². The zero-order valence-electron chi connectivity index (χ0n) is 38.6. The minimum atomic E-state index is -0.860. The minimum absolute atomic E-state index is 0.0276. The van der Waals surface area contributed by atoms with E-state index in [0.717, 1.165) is 81.3 Å². The molecule has 2 aromatic heterocycles. The van der Waals surface area contributed by atoms with Crippen LogP contribution in [0.3, 0.4) is 0 Å². The number of aromatic nitrogens is 2. The van der Waals surface area contributed by atoms with Gasteiger partial charge in [-0.2, -0.15) is 0 Å². The van der Waals surface area contributed by atoms with E-state index in [2.05, 4.69) is 61.6 Å². The molecule has 0 spiro atoms. The van der Waals surface area contributed by atoms with Gasteiger partial charge in [-0.3, -0.25) is 19.2 Å². The number of aliphatic hydroxyl groups is 1. The average molecular weight is 909 g/mol. The van der Waals surface area contributed by atoms with Crippen molar-refractivity contribution in [1.29, 1.82) is 0 Å². The maximum Gasteiger partial charge on any atom is 0.246 e. The Kier molecular flexibility index (Phi) is 17.0. The third-order valence-electron chi connectivity index (χ3n) is 12.7. The predicted molar refractivity (Wildman–Crippen MR) is 257 cm³/mol. The number of aryl methyl sites for hydroxylation is 1. The molecule has 2 aliphatic heterocycles. The standard InChI is InChI=1S/C50H68N8O6S/c1-32-25-28-65-45(32)35-21-19-34(20-22-35)33(2)52-48(63)41-29-37(59)31-58(41)49(64)46(50(3,4)5)54-44(62)18-12-10-8-6-7-9-11-17-43(61)53-36-23-26-57(27-24-36)40-30-39(55-56-47(40)51)38-15-13-14-16-42(38)60/h13-16,19-22,25,28,30,33,36-37,41,46,59-60H,6-12,17-18,23-24,26-27,29,31H2,1-5H3,(H2,51,56)(H,52,63)(H,53,61)(H,54,62)/t33-,37+,41-,46+/m0/s1. The van der Waals surface area contributed by atoms with Crippen molar-refractivity contribution in [3.63, 3.8) is 0 Å². The zero-order valence-corrected chi connectivity index (χ0v) is 39.5. The van der Waals surface area contributed by atoms with Crippen molar-refractivity contribution < 1.29 is 29.4 Å². The van der Waals surface area contributed by atoms with Crippen LogP contribution >= 0.6 is 11.3 Å². The number of phenols is 1. The van der Waals surface area contributed by atoms with Gasteiger partial charge >= 0.3 is 0 Å². The number of para-hydroxylation sites is 1. The van der Waals surface area contributed by atoms with Crippen molar-refractivity contribution in [1.82, 2.24) is 31.0 Å². The number of phenolic OH excluding ortho intramolecular Hbond substituents is 1. The topological polar surface area (TPSA) is 203 Å². The number of nitrogens with zero attached hydrogens (tertiary/aromatic N) is 4. The van der Waals surface area contributed by atoms with Gasteiger partial charge in [0.15, 0.2) is 5.82 Å². The van der Waals surface area contributed by atoms with Crippen LogP contribution in [-0.4, -0.2) is 92.8 Å². The van der Waals surface area contributed by atoms with Gasteiger partial charge in [0.05, 0.1) is 23.5 Å². The lowest BCUT2D eigenvalue weighted by atomic mass is 9.85. The summed E-state index contributed by atoms with van der Waals surface area (Å²) < 4.78 is 0. The fourth-order valence-corrected chi connectivity index (χ4v) is 9.76. The summed E-state index contributed by atoms with van der Waals surface area (Å²) in [5, 5.41) is 40.5. The smallest absolute Gasteiger partial charge is 0.246 e. The number of carbonyl (C=O) groups excluding carboxylic acids is 4. The summed E-state index contributed by atoms with van der Waals surface area (Å²) >= 11 is 1.69. The monoisotopic (exact) mass is 908 g/mol. The van der Waals surface area contributed by atoms with E-state index in [4.69, 9.17) is 5.73 Å². The summed E-state index contributed by atoms with van der Waals surface area (Å²) in [5.74, 6) is -0.361. The summed E-state index contributed by atoms with van der Waals surface area (Å²) in [7, 11) is 0. The van der Waals surface area contributed by atoms with Gasteiger partial charge < -0.3 is 41.7 Å². The average Bonchev–Trinajstić information content (AvgIpc) is 3.90. The summed E-state index contributed by atoms with van der Waals surface area (Å²) in [6, 6.07) is 17.2. The third kappa shape index (κ3) is 13.3. The summed E-state index contributed by atoms with van der Waals surface area (Å²) in [5.41, 5.74) is 10.8.